The summed E-state index contributed by atoms with van der Waals surface area (Å²) in [5, 5.41) is 18.7. The highest BCUT2D eigenvalue weighted by Crippen LogP contribution is 2.18. The zero-order chi connectivity index (χ0) is 23.5. The number of carbonyl (C=O) groups is 1. The molecule has 1 aromatic carbocycles. The van der Waals surface area contributed by atoms with Crippen molar-refractivity contribution in [1.82, 2.24) is 4.31 Å². The van der Waals surface area contributed by atoms with E-state index in [-0.39, 0.29) is 37.4 Å². The largest absolute Gasteiger partial charge is 0.491 e. The predicted molar refractivity (Wildman–Crippen MR) is 116 cm³/mol. The minimum atomic E-state index is -3.48. The number of nitrogens with zero attached hydrogens (tertiary/aromatic N) is 1. The SMILES string of the molecule is CS(=O)(=O)c1cccc(OCC(O)CCCN(CC#CCCCC(=O)O)S(C)(=O)=O)c1. The van der Waals surface area contributed by atoms with Crippen LogP contribution in [0.3, 0.4) is 0 Å². The van der Waals surface area contributed by atoms with Crippen LogP contribution in [0.25, 0.3) is 0 Å². The molecule has 11 heteroatoms. The van der Waals surface area contributed by atoms with Gasteiger partial charge in [0.05, 0.1) is 23.8 Å². The van der Waals surface area contributed by atoms with Gasteiger partial charge in [-0.25, -0.2) is 16.8 Å². The number of hydrogen-bond donors (Lipinski definition) is 2. The van der Waals surface area contributed by atoms with Crippen molar-refractivity contribution in [1.29, 1.82) is 0 Å². The number of sulfone groups is 1. The Morgan fingerprint density at radius 2 is 1.87 bits per heavy atom. The van der Waals surface area contributed by atoms with E-state index in [0.717, 1.165) is 12.5 Å². The first-order chi connectivity index (χ1) is 14.4. The smallest absolute Gasteiger partial charge is 0.303 e. The zero-order valence-electron chi connectivity index (χ0n) is 17.7. The number of carboxylic acids is 1. The summed E-state index contributed by atoms with van der Waals surface area (Å²) in [7, 11) is -6.84. The highest BCUT2D eigenvalue weighted by atomic mass is 32.2. The van der Waals surface area contributed by atoms with E-state index in [1.54, 1.807) is 12.1 Å². The summed E-state index contributed by atoms with van der Waals surface area (Å²) >= 11 is 0. The third kappa shape index (κ3) is 11.7. The number of hydrogen-bond acceptors (Lipinski definition) is 7. The molecule has 2 N–H and O–H groups in total. The molecular formula is C20H29NO8S2. The first kappa shape index (κ1) is 26.9. The van der Waals surface area contributed by atoms with Gasteiger partial charge < -0.3 is 14.9 Å². The summed E-state index contributed by atoms with van der Waals surface area (Å²) in [5.74, 6) is 4.92. The van der Waals surface area contributed by atoms with Gasteiger partial charge in [0.25, 0.3) is 0 Å². The molecule has 1 atom stereocenters. The highest BCUT2D eigenvalue weighted by molar-refractivity contribution is 7.90. The molecule has 174 valence electrons. The van der Waals surface area contributed by atoms with Crippen molar-refractivity contribution < 1.29 is 36.6 Å². The number of aliphatic hydroxyl groups excluding tert-OH is 1. The lowest BCUT2D eigenvalue weighted by atomic mass is 10.2. The van der Waals surface area contributed by atoms with Crippen LogP contribution in [0.5, 0.6) is 5.75 Å². The van der Waals surface area contributed by atoms with Crippen LogP contribution < -0.4 is 4.74 Å². The van der Waals surface area contributed by atoms with Crippen LogP contribution in [-0.4, -0.2) is 75.6 Å². The van der Waals surface area contributed by atoms with Gasteiger partial charge in [-0.1, -0.05) is 12.0 Å². The number of carboxylic acid groups (broad SMARTS) is 1. The molecule has 0 saturated heterocycles. The van der Waals surface area contributed by atoms with Crippen LogP contribution in [0, 0.1) is 11.8 Å². The van der Waals surface area contributed by atoms with Gasteiger partial charge >= 0.3 is 5.97 Å². The molecule has 0 saturated carbocycles. The summed E-state index contributed by atoms with van der Waals surface area (Å²) in [5.41, 5.74) is 0. The molecule has 1 unspecified atom stereocenters. The molecule has 0 fully saturated rings. The number of benzene rings is 1. The Bertz CT molecular complexity index is 993. The van der Waals surface area contributed by atoms with Gasteiger partial charge in [-0.2, -0.15) is 4.31 Å². The molecular weight excluding hydrogens is 446 g/mol. The van der Waals surface area contributed by atoms with Crippen LogP contribution >= 0.6 is 0 Å². The summed E-state index contributed by atoms with van der Waals surface area (Å²) in [6.07, 6.45) is 2.77. The molecule has 0 amide bonds. The van der Waals surface area contributed by atoms with E-state index in [0.29, 0.717) is 25.0 Å². The maximum Gasteiger partial charge on any atom is 0.303 e. The highest BCUT2D eigenvalue weighted by Gasteiger charge is 2.16. The fourth-order valence-electron chi connectivity index (χ4n) is 2.50. The molecule has 0 aromatic heterocycles. The van der Waals surface area contributed by atoms with Crippen molar-refractivity contribution in [3.8, 4) is 17.6 Å². The molecule has 0 aliphatic rings. The Kier molecular flexibility index (Phi) is 11.0. The van der Waals surface area contributed by atoms with Crippen molar-refractivity contribution in [2.75, 3.05) is 32.2 Å². The van der Waals surface area contributed by atoms with E-state index < -0.39 is 31.9 Å². The predicted octanol–water partition coefficient (Wildman–Crippen LogP) is 1.13. The number of aliphatic carboxylic acids is 1. The minimum absolute atomic E-state index is 0.00319. The Hall–Kier alpha value is -2.13. The molecule has 1 aromatic rings. The molecule has 0 radical (unpaired) electrons. The van der Waals surface area contributed by atoms with E-state index in [2.05, 4.69) is 11.8 Å². The standard InChI is InChI=1S/C20H29NO8S2/c1-30(25,26)19-11-7-10-18(15-19)29-16-17(22)9-8-14-21(31(2,27)28)13-6-4-3-5-12-20(23)24/h7,10-11,15,17,22H,3,5,8-9,12-14,16H2,1-2H3,(H,23,24). The van der Waals surface area contributed by atoms with Crippen LogP contribution in [0.15, 0.2) is 29.2 Å². The second kappa shape index (κ2) is 12.7. The lowest BCUT2D eigenvalue weighted by molar-refractivity contribution is -0.137. The summed E-state index contributed by atoms with van der Waals surface area (Å²) < 4.78 is 53.5. The fraction of sp³-hybridized carbons (Fsp3) is 0.550. The maximum atomic E-state index is 11.9. The number of aliphatic hydroxyl groups is 1. The number of ether oxygens (including phenoxy) is 1. The molecule has 1 rings (SSSR count). The van der Waals surface area contributed by atoms with Gasteiger partial charge in [0.1, 0.15) is 12.4 Å². The van der Waals surface area contributed by atoms with E-state index in [1.165, 1.54) is 16.4 Å². The fourth-order valence-corrected chi connectivity index (χ4v) is 3.91. The third-order valence-electron chi connectivity index (χ3n) is 4.16. The van der Waals surface area contributed by atoms with Crippen LogP contribution in [0.2, 0.25) is 0 Å². The van der Waals surface area contributed by atoms with Crippen LogP contribution in [0.4, 0.5) is 0 Å². The molecule has 0 spiro atoms. The first-order valence-electron chi connectivity index (χ1n) is 9.63. The van der Waals surface area contributed by atoms with Crippen molar-refractivity contribution in [3.05, 3.63) is 24.3 Å². The number of unbranched alkanes of at least 4 members (excludes halogenated alkanes) is 1. The second-order valence-corrected chi connectivity index (χ2v) is 11.0. The van der Waals surface area contributed by atoms with E-state index in [9.17, 15) is 26.7 Å². The summed E-state index contributed by atoms with van der Waals surface area (Å²) in [6, 6.07) is 5.96. The molecule has 0 aliphatic carbocycles. The Morgan fingerprint density at radius 3 is 2.48 bits per heavy atom. The average molecular weight is 476 g/mol. The van der Waals surface area contributed by atoms with Gasteiger partial charge in [0.2, 0.25) is 10.0 Å². The Labute approximate surface area is 184 Å². The lowest BCUT2D eigenvalue weighted by Gasteiger charge is -2.18. The van der Waals surface area contributed by atoms with Crippen molar-refractivity contribution in [3.63, 3.8) is 0 Å². The topological polar surface area (TPSA) is 138 Å². The van der Waals surface area contributed by atoms with Crippen molar-refractivity contribution >= 4 is 25.8 Å². The second-order valence-electron chi connectivity index (χ2n) is 7.05. The summed E-state index contributed by atoms with van der Waals surface area (Å²) in [6.45, 7) is 0.107. The van der Waals surface area contributed by atoms with Gasteiger partial charge in [-0.15, -0.1) is 5.92 Å². The van der Waals surface area contributed by atoms with E-state index in [4.69, 9.17) is 9.84 Å². The Balaban J connectivity index is 2.46. The third-order valence-corrected chi connectivity index (χ3v) is 6.52. The average Bonchev–Trinajstić information content (AvgIpc) is 2.66. The summed E-state index contributed by atoms with van der Waals surface area (Å²) in [4.78, 5) is 10.6. The minimum Gasteiger partial charge on any atom is -0.491 e. The number of rotatable bonds is 13. The zero-order valence-corrected chi connectivity index (χ0v) is 19.3. The monoisotopic (exact) mass is 475 g/mol. The van der Waals surface area contributed by atoms with Crippen molar-refractivity contribution in [2.45, 2.75) is 43.1 Å². The van der Waals surface area contributed by atoms with Crippen LogP contribution in [0.1, 0.15) is 32.1 Å². The quantitative estimate of drug-likeness (QED) is 0.320. The molecule has 0 aliphatic heterocycles. The molecule has 9 nitrogen and oxygen atoms in total. The van der Waals surface area contributed by atoms with Crippen molar-refractivity contribution in [2.24, 2.45) is 0 Å². The van der Waals surface area contributed by atoms with Gasteiger partial charge in [0, 0.05) is 25.6 Å². The first-order valence-corrected chi connectivity index (χ1v) is 13.4. The molecule has 0 heterocycles. The van der Waals surface area contributed by atoms with E-state index in [1.807, 2.05) is 0 Å². The molecule has 31 heavy (non-hydrogen) atoms. The van der Waals surface area contributed by atoms with Gasteiger partial charge in [-0.3, -0.25) is 4.79 Å². The lowest BCUT2D eigenvalue weighted by Crippen LogP contribution is -2.32. The Morgan fingerprint density at radius 1 is 1.16 bits per heavy atom. The van der Waals surface area contributed by atoms with Gasteiger partial charge in [-0.05, 0) is 37.5 Å². The van der Waals surface area contributed by atoms with Gasteiger partial charge in [0.15, 0.2) is 9.84 Å². The van der Waals surface area contributed by atoms with Crippen LogP contribution in [-0.2, 0) is 24.7 Å². The maximum absolute atomic E-state index is 11.9. The van der Waals surface area contributed by atoms with E-state index >= 15 is 0 Å². The normalized spacial score (nSPS) is 12.8. The molecule has 0 bridgehead atoms. The number of sulfonamides is 1.